The van der Waals surface area contributed by atoms with Crippen molar-refractivity contribution >= 4 is 23.4 Å². The summed E-state index contributed by atoms with van der Waals surface area (Å²) in [7, 11) is 3.21. The summed E-state index contributed by atoms with van der Waals surface area (Å²) >= 11 is 0. The van der Waals surface area contributed by atoms with E-state index in [0.29, 0.717) is 83.4 Å². The molecule has 2 unspecified atom stereocenters. The molecule has 0 aromatic carbocycles. The second-order valence-corrected chi connectivity index (χ2v) is 22.2. The van der Waals surface area contributed by atoms with E-state index >= 15 is 0 Å². The predicted molar refractivity (Wildman–Crippen MR) is 278 cm³/mol. The molecule has 2 bridgehead atoms. The number of esters is 1. The van der Waals surface area contributed by atoms with Crippen LogP contribution in [0.25, 0.3) is 0 Å². The first-order chi connectivity index (χ1) is 34.8. The molecule has 15 heteroatoms. The summed E-state index contributed by atoms with van der Waals surface area (Å²) in [5.41, 5.74) is 2.22. The molecule has 0 aromatic heterocycles. The Morgan fingerprint density at radius 3 is 2.32 bits per heavy atom. The number of carbonyl (C=O) groups excluding carboxylic acids is 4. The van der Waals surface area contributed by atoms with Gasteiger partial charge in [-0.05, 0) is 125 Å². The zero-order valence-corrected chi connectivity index (χ0v) is 45.5. The first kappa shape index (κ1) is 60.5. The Morgan fingerprint density at radius 2 is 1.63 bits per heavy atom. The number of aliphatic hydroxyl groups excluding tert-OH is 2. The minimum atomic E-state index is -2.44. The number of ether oxygens (including phenoxy) is 7. The van der Waals surface area contributed by atoms with Crippen molar-refractivity contribution in [1.82, 2.24) is 4.90 Å². The fourth-order valence-corrected chi connectivity index (χ4v) is 11.3. The van der Waals surface area contributed by atoms with Crippen LogP contribution in [0.2, 0.25) is 0 Å². The number of Topliss-reactive ketones (excluding diaryl/α,β-unsaturated/α-hetero) is 2. The maximum Gasteiger partial charge on any atom is 0.329 e. The van der Waals surface area contributed by atoms with Gasteiger partial charge in [-0.3, -0.25) is 14.4 Å². The van der Waals surface area contributed by atoms with Crippen molar-refractivity contribution in [1.29, 1.82) is 0 Å². The van der Waals surface area contributed by atoms with Crippen molar-refractivity contribution in [2.45, 2.75) is 186 Å². The number of nitrogens with zero attached hydrogens (tertiary/aromatic N) is 1. The summed E-state index contributed by atoms with van der Waals surface area (Å²) in [5.74, 6) is -6.58. The zero-order valence-electron chi connectivity index (χ0n) is 45.5. The number of allylic oxidation sites excluding steroid dienone is 6. The monoisotopic (exact) mass is 1030 g/mol. The third-order valence-corrected chi connectivity index (χ3v) is 16.3. The molecule has 3 N–H and O–H groups in total. The van der Waals surface area contributed by atoms with Gasteiger partial charge in [-0.25, -0.2) is 4.79 Å². The molecule has 4 fully saturated rings. The van der Waals surface area contributed by atoms with E-state index in [0.717, 1.165) is 30.4 Å². The fourth-order valence-electron chi connectivity index (χ4n) is 11.3. The summed E-state index contributed by atoms with van der Waals surface area (Å²) in [6, 6.07) is -1.13. The summed E-state index contributed by atoms with van der Waals surface area (Å²) < 4.78 is 42.4. The smallest absolute Gasteiger partial charge is 0.329 e. The van der Waals surface area contributed by atoms with Crippen molar-refractivity contribution in [3.63, 3.8) is 0 Å². The van der Waals surface area contributed by atoms with E-state index in [1.54, 1.807) is 41.1 Å². The Bertz CT molecular complexity index is 1940. The number of aliphatic hydroxyl groups is 3. The number of hydrogen-bond acceptors (Lipinski definition) is 14. The second kappa shape index (κ2) is 29.2. The fraction of sp³-hybridized carbons (Fsp3) is 0.759. The van der Waals surface area contributed by atoms with Crippen LogP contribution in [0, 0.1) is 41.4 Å². The van der Waals surface area contributed by atoms with Crippen LogP contribution in [0.4, 0.5) is 0 Å². The molecule has 0 radical (unpaired) electrons. The Kier molecular flexibility index (Phi) is 24.2. The lowest BCUT2D eigenvalue weighted by molar-refractivity contribution is -0.266. The van der Waals surface area contributed by atoms with Gasteiger partial charge in [0.1, 0.15) is 30.1 Å². The molecule has 0 spiro atoms. The lowest BCUT2D eigenvalue weighted by Gasteiger charge is -2.43. The van der Waals surface area contributed by atoms with Crippen LogP contribution in [-0.4, -0.2) is 152 Å². The number of cyclic esters (lactones) is 1. The molecule has 1 amide bonds. The minimum absolute atomic E-state index is 0.00879. The molecule has 412 valence electrons. The van der Waals surface area contributed by atoms with E-state index in [1.807, 2.05) is 38.2 Å². The first-order valence-electron chi connectivity index (χ1n) is 27.3. The maximum absolute atomic E-state index is 14.6. The number of ketones is 2. The number of carbonyl (C=O) groups is 4. The van der Waals surface area contributed by atoms with Crippen LogP contribution in [0.3, 0.4) is 0 Å². The standard InChI is InChI=1S/C58H91NO14/c1-36-17-12-11-13-18-37(2)50(71-35-45-33-69-34-45)31-46-22-20-42(7)58(66,73-46)55(63)56(64)59-24-15-14-19-47(59)57(65)72-51(40(5)29-44-21-23-49(52(30-44)67-9)70-26-16-25-60)32-48(61)39(4)28-41(6)53(62)54(68-10)43(8)38(3)27-36/h11-13,17-18,28,36,38-40,42,44-47,49-54,60,62,66H,8,14-16,19-27,29-35H2,1-7,9-10H3/b13-11+,17-12+,37-18+,41-28+/t36-,38-,39-,40-,42-,44+,46+,47?,49-,50?,51+,52-,53-,54+,58-/m1/s1. The Hall–Kier alpha value is -3.38. The molecule has 5 aliphatic rings. The zero-order chi connectivity index (χ0) is 53.4. The first-order valence-corrected chi connectivity index (χ1v) is 27.3. The molecule has 4 heterocycles. The molecular formula is C58H91NO14. The third-order valence-electron chi connectivity index (χ3n) is 16.3. The van der Waals surface area contributed by atoms with Crippen LogP contribution >= 0.6 is 0 Å². The molecule has 0 aromatic rings. The minimum Gasteiger partial charge on any atom is -0.460 e. The van der Waals surface area contributed by atoms with Crippen LogP contribution < -0.4 is 0 Å². The Balaban J connectivity index is 1.46. The number of piperidine rings is 1. The highest BCUT2D eigenvalue weighted by Crippen LogP contribution is 2.38. The lowest BCUT2D eigenvalue weighted by atomic mass is 9.78. The molecule has 73 heavy (non-hydrogen) atoms. The molecule has 4 aliphatic heterocycles. The van der Waals surface area contributed by atoms with Gasteiger partial charge in [0, 0.05) is 64.6 Å². The van der Waals surface area contributed by atoms with Crippen LogP contribution in [-0.2, 0) is 52.3 Å². The van der Waals surface area contributed by atoms with Gasteiger partial charge < -0.3 is 53.4 Å². The van der Waals surface area contributed by atoms with E-state index in [9.17, 15) is 34.5 Å². The summed E-state index contributed by atoms with van der Waals surface area (Å²) in [5, 5.41) is 33.2. The van der Waals surface area contributed by atoms with Crippen molar-refractivity contribution in [2.24, 2.45) is 41.4 Å². The Labute approximate surface area is 436 Å². The van der Waals surface area contributed by atoms with Crippen molar-refractivity contribution < 1.29 is 67.7 Å². The highest BCUT2D eigenvalue weighted by Gasteiger charge is 2.53. The SMILES string of the molecule is C=C1[C@H](C)C[C@H](C)/C=C/C=C/C=C(\C)C(OCC2COC2)C[C@@H]2CC[C@@H](C)[C@@](O)(O2)C(=O)C(=O)N2CCCCC2C(=O)O[C@H]([C@H](C)C[C@@H]2CC[C@@H](OCCCO)[C@H](OC)C2)CC(=O)[C@H](C)/C=C(\C)[C@@H](O)[C@H]1OC. The normalized spacial score (nSPS) is 38.5. The van der Waals surface area contributed by atoms with Gasteiger partial charge >= 0.3 is 5.97 Å². The van der Waals surface area contributed by atoms with Gasteiger partial charge in [0.05, 0.1) is 44.2 Å². The lowest BCUT2D eigenvalue weighted by Crippen LogP contribution is -2.61. The van der Waals surface area contributed by atoms with E-state index < -0.39 is 71.8 Å². The average Bonchev–Trinajstić information content (AvgIpc) is 3.35. The largest absolute Gasteiger partial charge is 0.460 e. The topological polar surface area (TPSA) is 197 Å². The van der Waals surface area contributed by atoms with E-state index in [4.69, 9.17) is 33.2 Å². The molecule has 3 saturated heterocycles. The number of rotatable bonds is 12. The number of fused-ring (bicyclic) bond motifs is 3. The summed E-state index contributed by atoms with van der Waals surface area (Å²) in [6.07, 6.45) is 14.5. The van der Waals surface area contributed by atoms with Gasteiger partial charge in [-0.2, -0.15) is 0 Å². The molecular weight excluding hydrogens is 935 g/mol. The van der Waals surface area contributed by atoms with E-state index in [1.165, 1.54) is 4.90 Å². The molecule has 5 rings (SSSR count). The van der Waals surface area contributed by atoms with Gasteiger partial charge in [0.2, 0.25) is 5.79 Å². The predicted octanol–water partition coefficient (Wildman–Crippen LogP) is 7.59. The number of hydrogen-bond donors (Lipinski definition) is 3. The third kappa shape index (κ3) is 16.8. The van der Waals surface area contributed by atoms with Crippen molar-refractivity contribution in [2.75, 3.05) is 53.8 Å². The Morgan fingerprint density at radius 1 is 0.877 bits per heavy atom. The van der Waals surface area contributed by atoms with Crippen molar-refractivity contribution in [3.05, 3.63) is 59.8 Å². The van der Waals surface area contributed by atoms with E-state index in [-0.39, 0.29) is 73.6 Å². The molecule has 15 atom stereocenters. The van der Waals surface area contributed by atoms with Crippen LogP contribution in [0.1, 0.15) is 132 Å². The van der Waals surface area contributed by atoms with Crippen LogP contribution in [0.15, 0.2) is 59.8 Å². The van der Waals surface area contributed by atoms with E-state index in [2.05, 4.69) is 26.5 Å². The van der Waals surface area contributed by atoms with Gasteiger partial charge in [0.15, 0.2) is 0 Å². The second-order valence-electron chi connectivity index (χ2n) is 22.2. The maximum atomic E-state index is 14.6. The van der Waals surface area contributed by atoms with Crippen LogP contribution in [0.5, 0.6) is 0 Å². The average molecular weight is 1030 g/mol. The molecule has 1 aliphatic carbocycles. The number of methoxy groups -OCH3 is 2. The van der Waals surface area contributed by atoms with Gasteiger partial charge in [0.25, 0.3) is 11.7 Å². The molecule has 15 nitrogen and oxygen atoms in total. The van der Waals surface area contributed by atoms with Gasteiger partial charge in [-0.15, -0.1) is 0 Å². The molecule has 1 saturated carbocycles. The highest BCUT2D eigenvalue weighted by molar-refractivity contribution is 6.39. The highest BCUT2D eigenvalue weighted by atomic mass is 16.6. The number of amides is 1. The quantitative estimate of drug-likeness (QED) is 0.0748. The summed E-state index contributed by atoms with van der Waals surface area (Å²) in [6.45, 7) is 20.0. The van der Waals surface area contributed by atoms with Gasteiger partial charge in [-0.1, -0.05) is 77.7 Å². The van der Waals surface area contributed by atoms with Crippen molar-refractivity contribution in [3.8, 4) is 0 Å². The summed E-state index contributed by atoms with van der Waals surface area (Å²) in [4.78, 5) is 59.1.